The van der Waals surface area contributed by atoms with Crippen molar-refractivity contribution in [2.75, 3.05) is 13.1 Å². The lowest BCUT2D eigenvalue weighted by atomic mass is 10.1. The molecule has 5 nitrogen and oxygen atoms in total. The van der Waals surface area contributed by atoms with Crippen molar-refractivity contribution in [3.8, 4) is 0 Å². The van der Waals surface area contributed by atoms with Crippen LogP contribution in [0, 0.1) is 0 Å². The number of nitrogens with zero attached hydrogens (tertiary/aromatic N) is 2. The van der Waals surface area contributed by atoms with Crippen molar-refractivity contribution < 1.29 is 4.79 Å². The number of H-pyrrole nitrogens is 1. The molecule has 4 rings (SSSR count). The third-order valence-electron chi connectivity index (χ3n) is 4.60. The summed E-state index contributed by atoms with van der Waals surface area (Å²) in [5.74, 6) is 0.0572. The largest absolute Gasteiger partial charge is 0.337 e. The Balaban J connectivity index is 0.00000131. The first-order chi connectivity index (χ1) is 12.2. The van der Waals surface area contributed by atoms with Crippen molar-refractivity contribution in [1.29, 1.82) is 0 Å². The molecule has 0 saturated carbocycles. The van der Waals surface area contributed by atoms with Gasteiger partial charge in [-0.3, -0.25) is 9.89 Å². The van der Waals surface area contributed by atoms with Gasteiger partial charge in [-0.25, -0.2) is 0 Å². The van der Waals surface area contributed by atoms with Crippen molar-refractivity contribution in [2.45, 2.75) is 12.5 Å². The van der Waals surface area contributed by atoms with Gasteiger partial charge in [0.25, 0.3) is 5.91 Å². The van der Waals surface area contributed by atoms with Crippen LogP contribution in [0.1, 0.15) is 28.0 Å². The molecule has 27 heavy (non-hydrogen) atoms. The molecule has 1 aromatic heterocycles. The highest BCUT2D eigenvalue weighted by Gasteiger charge is 2.24. The normalized spacial score (nSPS) is 16.3. The number of hydrogen-bond donors (Lipinski definition) is 2. The summed E-state index contributed by atoms with van der Waals surface area (Å²) in [6.07, 6.45) is 4.86. The number of hydrogen-bond acceptors (Lipinski definition) is 3. The van der Waals surface area contributed by atoms with E-state index in [9.17, 15) is 4.79 Å². The maximum Gasteiger partial charge on any atom is 0.253 e. The monoisotopic (exact) mass is 404 g/mol. The van der Waals surface area contributed by atoms with Gasteiger partial charge in [0.1, 0.15) is 0 Å². The highest BCUT2D eigenvalue weighted by Crippen LogP contribution is 2.18. The molecule has 142 valence electrons. The van der Waals surface area contributed by atoms with E-state index in [1.807, 2.05) is 65.6 Å². The van der Waals surface area contributed by atoms with Crippen LogP contribution in [0.3, 0.4) is 0 Å². The highest BCUT2D eigenvalue weighted by molar-refractivity contribution is 5.95. The van der Waals surface area contributed by atoms with Crippen LogP contribution in [0.2, 0.25) is 0 Å². The second-order valence-electron chi connectivity index (χ2n) is 6.41. The zero-order chi connectivity index (χ0) is 17.2. The fourth-order valence-electron chi connectivity index (χ4n) is 3.18. The number of halogens is 2. The fraction of sp³-hybridized carbons (Fsp3) is 0.200. The Labute approximate surface area is 170 Å². The molecule has 2 aromatic carbocycles. The molecule has 7 heteroatoms. The second kappa shape index (κ2) is 9.04. The predicted molar refractivity (Wildman–Crippen MR) is 114 cm³/mol. The van der Waals surface area contributed by atoms with Crippen molar-refractivity contribution in [3.63, 3.8) is 0 Å². The van der Waals surface area contributed by atoms with Crippen LogP contribution in [0.25, 0.3) is 23.1 Å². The van der Waals surface area contributed by atoms with Gasteiger partial charge >= 0.3 is 0 Å². The zero-order valence-electron chi connectivity index (χ0n) is 14.7. The molecule has 1 saturated heterocycles. The minimum absolute atomic E-state index is 0. The average molecular weight is 405 g/mol. The maximum absolute atomic E-state index is 12.4. The van der Waals surface area contributed by atoms with Gasteiger partial charge in [-0.2, -0.15) is 5.10 Å². The Bertz CT molecular complexity index is 937. The Kier molecular flexibility index (Phi) is 7.02. The molecular weight excluding hydrogens is 383 g/mol. The van der Waals surface area contributed by atoms with Gasteiger partial charge in [0.2, 0.25) is 0 Å². The number of nitrogens with one attached hydrogen (secondary N) is 1. The number of rotatable bonds is 3. The van der Waals surface area contributed by atoms with Crippen LogP contribution in [-0.4, -0.2) is 40.1 Å². The molecule has 1 aliphatic heterocycles. The number of amides is 1. The van der Waals surface area contributed by atoms with E-state index in [1.165, 1.54) is 0 Å². The zero-order valence-corrected chi connectivity index (χ0v) is 16.3. The van der Waals surface area contributed by atoms with Crippen LogP contribution >= 0.6 is 24.8 Å². The van der Waals surface area contributed by atoms with E-state index in [0.29, 0.717) is 12.1 Å². The average Bonchev–Trinajstić information content (AvgIpc) is 3.26. The Morgan fingerprint density at radius 3 is 2.56 bits per heavy atom. The number of carbonyl (C=O) groups is 1. The summed E-state index contributed by atoms with van der Waals surface area (Å²) in [6.45, 7) is 1.39. The van der Waals surface area contributed by atoms with Crippen LogP contribution in [0.15, 0.2) is 48.5 Å². The predicted octanol–water partition coefficient (Wildman–Crippen LogP) is 3.75. The van der Waals surface area contributed by atoms with E-state index in [0.717, 1.165) is 35.1 Å². The van der Waals surface area contributed by atoms with Gasteiger partial charge in [0.15, 0.2) is 0 Å². The molecule has 0 aliphatic carbocycles. The van der Waals surface area contributed by atoms with E-state index >= 15 is 0 Å². The lowest BCUT2D eigenvalue weighted by molar-refractivity contribution is 0.0791. The van der Waals surface area contributed by atoms with Gasteiger partial charge in [-0.15, -0.1) is 24.8 Å². The van der Waals surface area contributed by atoms with E-state index in [4.69, 9.17) is 5.73 Å². The van der Waals surface area contributed by atoms with Gasteiger partial charge in [0, 0.05) is 30.1 Å². The molecule has 1 amide bonds. The van der Waals surface area contributed by atoms with Gasteiger partial charge in [0.05, 0.1) is 11.2 Å². The smallest absolute Gasteiger partial charge is 0.253 e. The molecular formula is C20H22Cl2N4O. The van der Waals surface area contributed by atoms with Crippen LogP contribution in [0.5, 0.6) is 0 Å². The molecule has 1 atom stereocenters. The summed E-state index contributed by atoms with van der Waals surface area (Å²) in [7, 11) is 0. The van der Waals surface area contributed by atoms with Crippen molar-refractivity contribution in [3.05, 3.63) is 65.4 Å². The lowest BCUT2D eigenvalue weighted by Crippen LogP contribution is -2.31. The van der Waals surface area contributed by atoms with Crippen LogP contribution < -0.4 is 5.73 Å². The topological polar surface area (TPSA) is 75.0 Å². The number of likely N-dealkylation sites (tertiary alicyclic amines) is 1. The molecule has 3 aromatic rings. The van der Waals surface area contributed by atoms with Gasteiger partial charge in [-0.05, 0) is 36.3 Å². The molecule has 0 spiro atoms. The SMILES string of the molecule is Cl.Cl.NC1CCN(C(=O)c2ccc(C=Cc3n[nH]c4ccccc34)cc2)C1. The highest BCUT2D eigenvalue weighted by atomic mass is 35.5. The number of benzene rings is 2. The van der Waals surface area contributed by atoms with Crippen LogP contribution in [0.4, 0.5) is 0 Å². The number of fused-ring (bicyclic) bond motifs is 1. The Hall–Kier alpha value is -2.34. The number of aromatic nitrogens is 2. The Morgan fingerprint density at radius 2 is 1.85 bits per heavy atom. The van der Waals surface area contributed by atoms with E-state index < -0.39 is 0 Å². The third-order valence-corrected chi connectivity index (χ3v) is 4.60. The first-order valence-electron chi connectivity index (χ1n) is 8.47. The van der Waals surface area contributed by atoms with E-state index in [1.54, 1.807) is 0 Å². The van der Waals surface area contributed by atoms with E-state index in [-0.39, 0.29) is 36.8 Å². The lowest BCUT2D eigenvalue weighted by Gasteiger charge is -2.15. The first kappa shape index (κ1) is 21.0. The standard InChI is InChI=1S/C20H20N4O.2ClH/c21-16-11-12-24(13-16)20(25)15-8-5-14(6-9-15)7-10-19-17-3-1-2-4-18(17)22-23-19;;/h1-10,16H,11-13,21H2,(H,22,23);2*1H. The maximum atomic E-state index is 12.4. The fourth-order valence-corrected chi connectivity index (χ4v) is 3.18. The summed E-state index contributed by atoms with van der Waals surface area (Å²) in [5.41, 5.74) is 9.54. The summed E-state index contributed by atoms with van der Waals surface area (Å²) in [6, 6.07) is 15.8. The number of para-hydroxylation sites is 1. The molecule has 0 radical (unpaired) electrons. The summed E-state index contributed by atoms with van der Waals surface area (Å²) < 4.78 is 0. The van der Waals surface area contributed by atoms with E-state index in [2.05, 4.69) is 10.2 Å². The Morgan fingerprint density at radius 1 is 1.11 bits per heavy atom. The minimum atomic E-state index is 0. The quantitative estimate of drug-likeness (QED) is 0.697. The summed E-state index contributed by atoms with van der Waals surface area (Å²) in [4.78, 5) is 14.3. The molecule has 1 aliphatic rings. The molecule has 1 fully saturated rings. The first-order valence-corrected chi connectivity index (χ1v) is 8.47. The van der Waals surface area contributed by atoms with Crippen LogP contribution in [-0.2, 0) is 0 Å². The summed E-state index contributed by atoms with van der Waals surface area (Å²) >= 11 is 0. The number of carbonyl (C=O) groups excluding carboxylic acids is 1. The van der Waals surface area contributed by atoms with Gasteiger partial charge < -0.3 is 10.6 Å². The second-order valence-corrected chi connectivity index (χ2v) is 6.41. The minimum Gasteiger partial charge on any atom is -0.337 e. The summed E-state index contributed by atoms with van der Waals surface area (Å²) in [5, 5.41) is 8.45. The third kappa shape index (κ3) is 4.50. The molecule has 3 N–H and O–H groups in total. The molecule has 0 bridgehead atoms. The molecule has 1 unspecified atom stereocenters. The van der Waals surface area contributed by atoms with Gasteiger partial charge in [-0.1, -0.05) is 36.4 Å². The number of aromatic amines is 1. The van der Waals surface area contributed by atoms with Crippen molar-refractivity contribution >= 4 is 53.8 Å². The number of nitrogens with two attached hydrogens (primary N) is 1. The molecule has 2 heterocycles. The van der Waals surface area contributed by atoms with Crippen molar-refractivity contribution in [2.24, 2.45) is 5.73 Å². The van der Waals surface area contributed by atoms with Crippen molar-refractivity contribution in [1.82, 2.24) is 15.1 Å².